The third-order valence-corrected chi connectivity index (χ3v) is 4.61. The molecule has 1 saturated heterocycles. The molecule has 0 aromatic carbocycles. The average Bonchev–Trinajstić information content (AvgIpc) is 2.53. The number of aromatic nitrogens is 1. The molecule has 1 unspecified atom stereocenters. The predicted molar refractivity (Wildman–Crippen MR) is 85.3 cm³/mol. The minimum Gasteiger partial charge on any atom is -0.339 e. The minimum atomic E-state index is -0.429. The number of carbonyl (C=O) groups is 2. The molecule has 2 amide bonds. The highest BCUT2D eigenvalue weighted by molar-refractivity contribution is 6.30. The number of rotatable bonds is 1. The molecule has 22 heavy (non-hydrogen) atoms. The highest BCUT2D eigenvalue weighted by Gasteiger charge is 2.42. The third kappa shape index (κ3) is 2.14. The van der Waals surface area contributed by atoms with Crippen molar-refractivity contribution in [1.82, 2.24) is 9.88 Å². The lowest BCUT2D eigenvalue weighted by molar-refractivity contribution is -0.128. The molecule has 2 aliphatic heterocycles. The second-order valence-electron chi connectivity index (χ2n) is 5.53. The molecule has 1 fully saturated rings. The topological polar surface area (TPSA) is 56.8 Å². The van der Waals surface area contributed by atoms with Crippen molar-refractivity contribution in [1.29, 1.82) is 0 Å². The molecule has 3 heterocycles. The molecule has 116 valence electrons. The molecule has 1 aromatic rings. The van der Waals surface area contributed by atoms with E-state index in [9.17, 15) is 9.59 Å². The van der Waals surface area contributed by atoms with Gasteiger partial charge in [0, 0.05) is 20.1 Å². The number of anilines is 2. The summed E-state index contributed by atoms with van der Waals surface area (Å²) >= 11 is 6.14. The fraction of sp³-hybridized carbons (Fsp3) is 0.400. The summed E-state index contributed by atoms with van der Waals surface area (Å²) in [5.41, 5.74) is 1.59. The van der Waals surface area contributed by atoms with Crippen molar-refractivity contribution in [3.8, 4) is 0 Å². The van der Waals surface area contributed by atoms with Gasteiger partial charge in [-0.1, -0.05) is 18.2 Å². The molecule has 0 aliphatic carbocycles. The Hall–Kier alpha value is -2.08. The van der Waals surface area contributed by atoms with Crippen LogP contribution in [-0.4, -0.2) is 54.4 Å². The quantitative estimate of drug-likeness (QED) is 0.577. The lowest BCUT2D eigenvalue weighted by Crippen LogP contribution is -2.63. The number of fused-ring (bicyclic) bond motifs is 3. The van der Waals surface area contributed by atoms with Gasteiger partial charge < -0.3 is 14.7 Å². The molecule has 1 atom stereocenters. The number of carbonyl (C=O) groups excluding carboxylic acids is 2. The molecule has 0 bridgehead atoms. The van der Waals surface area contributed by atoms with Crippen molar-refractivity contribution in [2.24, 2.45) is 0 Å². The summed E-state index contributed by atoms with van der Waals surface area (Å²) in [6.45, 7) is 6.77. The summed E-state index contributed by atoms with van der Waals surface area (Å²) in [5, 5.41) is 0.435. The molecule has 0 spiro atoms. The van der Waals surface area contributed by atoms with Gasteiger partial charge in [-0.15, -0.1) is 0 Å². The number of hydrogen-bond donors (Lipinski definition) is 0. The van der Waals surface area contributed by atoms with Gasteiger partial charge in [0.15, 0.2) is 5.82 Å². The van der Waals surface area contributed by atoms with Crippen molar-refractivity contribution in [3.05, 3.63) is 29.4 Å². The highest BCUT2D eigenvalue weighted by Crippen LogP contribution is 2.37. The summed E-state index contributed by atoms with van der Waals surface area (Å²) in [5.74, 6) is 0.502. The van der Waals surface area contributed by atoms with Gasteiger partial charge in [-0.25, -0.2) is 4.98 Å². The first kappa shape index (κ1) is 14.8. The Bertz CT molecular complexity index is 676. The zero-order chi connectivity index (χ0) is 16.0. The van der Waals surface area contributed by atoms with Crippen molar-refractivity contribution in [3.63, 3.8) is 0 Å². The average molecular weight is 321 g/mol. The first-order chi connectivity index (χ1) is 10.4. The maximum absolute atomic E-state index is 12.6. The zero-order valence-electron chi connectivity index (χ0n) is 12.5. The molecule has 0 saturated carbocycles. The first-order valence-corrected chi connectivity index (χ1v) is 7.44. The first-order valence-electron chi connectivity index (χ1n) is 7.06. The second kappa shape index (κ2) is 5.28. The van der Waals surface area contributed by atoms with E-state index in [0.717, 1.165) is 11.3 Å². The number of piperazine rings is 1. The Labute approximate surface area is 134 Å². The van der Waals surface area contributed by atoms with Crippen LogP contribution in [0.15, 0.2) is 18.7 Å². The summed E-state index contributed by atoms with van der Waals surface area (Å²) < 4.78 is 0. The normalized spacial score (nSPS) is 20.6. The molecule has 2 aliphatic rings. The number of pyridine rings is 1. The molecule has 7 heteroatoms. The summed E-state index contributed by atoms with van der Waals surface area (Å²) in [7, 11) is 1.72. The maximum Gasteiger partial charge on any atom is 0.251 e. The van der Waals surface area contributed by atoms with Gasteiger partial charge in [-0.2, -0.15) is 0 Å². The van der Waals surface area contributed by atoms with Crippen molar-refractivity contribution >= 4 is 34.9 Å². The van der Waals surface area contributed by atoms with Gasteiger partial charge in [0.25, 0.3) is 5.91 Å². The Balaban J connectivity index is 2.01. The van der Waals surface area contributed by atoms with Crippen molar-refractivity contribution < 1.29 is 9.59 Å². The lowest BCUT2D eigenvalue weighted by atomic mass is 10.1. The van der Waals surface area contributed by atoms with Crippen LogP contribution in [0.25, 0.3) is 0 Å². The molecular formula is C15H17ClN4O2. The van der Waals surface area contributed by atoms with E-state index in [-0.39, 0.29) is 11.8 Å². The zero-order valence-corrected chi connectivity index (χ0v) is 13.3. The summed E-state index contributed by atoms with van der Waals surface area (Å²) in [4.78, 5) is 34.1. The van der Waals surface area contributed by atoms with E-state index in [1.807, 2.05) is 17.9 Å². The van der Waals surface area contributed by atoms with E-state index < -0.39 is 6.04 Å². The number of nitrogens with zero attached hydrogens (tertiary/aromatic N) is 4. The molecular weight excluding hydrogens is 304 g/mol. The van der Waals surface area contributed by atoms with Gasteiger partial charge in [-0.3, -0.25) is 9.59 Å². The number of aryl methyl sites for hydroxylation is 1. The summed E-state index contributed by atoms with van der Waals surface area (Å²) in [6.07, 6.45) is 1.28. The minimum absolute atomic E-state index is 0.0439. The number of halogens is 1. The van der Waals surface area contributed by atoms with Crippen LogP contribution in [0.5, 0.6) is 0 Å². The number of hydrogen-bond acceptors (Lipinski definition) is 4. The van der Waals surface area contributed by atoms with Gasteiger partial charge in [0.1, 0.15) is 11.2 Å². The van der Waals surface area contributed by atoms with Crippen LogP contribution in [0.1, 0.15) is 5.56 Å². The Morgan fingerprint density at radius 1 is 1.50 bits per heavy atom. The van der Waals surface area contributed by atoms with Crippen LogP contribution in [0.4, 0.5) is 11.5 Å². The van der Waals surface area contributed by atoms with Gasteiger partial charge in [-0.05, 0) is 24.6 Å². The van der Waals surface area contributed by atoms with E-state index in [0.29, 0.717) is 30.6 Å². The molecule has 1 aromatic heterocycles. The monoisotopic (exact) mass is 320 g/mol. The van der Waals surface area contributed by atoms with Gasteiger partial charge in [0.05, 0.1) is 12.2 Å². The summed E-state index contributed by atoms with van der Waals surface area (Å²) in [6, 6.07) is 1.45. The van der Waals surface area contributed by atoms with Crippen LogP contribution in [0.3, 0.4) is 0 Å². The van der Waals surface area contributed by atoms with Crippen LogP contribution < -0.4 is 9.80 Å². The van der Waals surface area contributed by atoms with Crippen LogP contribution >= 0.6 is 11.6 Å². The second-order valence-corrected chi connectivity index (χ2v) is 5.89. The Kier molecular flexibility index (Phi) is 3.56. The van der Waals surface area contributed by atoms with E-state index in [2.05, 4.69) is 11.6 Å². The number of likely N-dealkylation sites (N-methyl/N-ethyl adjacent to an activating group) is 1. The lowest BCUT2D eigenvalue weighted by Gasteiger charge is -2.46. The van der Waals surface area contributed by atoms with E-state index in [4.69, 9.17) is 11.6 Å². The van der Waals surface area contributed by atoms with Gasteiger partial charge in [0.2, 0.25) is 5.91 Å². The number of amides is 2. The fourth-order valence-corrected chi connectivity index (χ4v) is 3.08. The largest absolute Gasteiger partial charge is 0.339 e. The van der Waals surface area contributed by atoms with E-state index in [1.54, 1.807) is 16.8 Å². The van der Waals surface area contributed by atoms with E-state index >= 15 is 0 Å². The SMILES string of the molecule is C=CC(=O)N1CCN2c3nc(Cl)c(C)cc3N(C)C(=O)C2C1. The Morgan fingerprint density at radius 2 is 2.23 bits per heavy atom. The smallest absolute Gasteiger partial charge is 0.251 e. The molecule has 0 radical (unpaired) electrons. The molecule has 3 rings (SSSR count). The maximum atomic E-state index is 12.6. The van der Waals surface area contributed by atoms with Crippen molar-refractivity contribution in [2.45, 2.75) is 13.0 Å². The third-order valence-electron chi connectivity index (χ3n) is 4.23. The van der Waals surface area contributed by atoms with Crippen LogP contribution in [0.2, 0.25) is 5.15 Å². The highest BCUT2D eigenvalue weighted by atomic mass is 35.5. The fourth-order valence-electron chi connectivity index (χ4n) is 2.95. The van der Waals surface area contributed by atoms with Crippen molar-refractivity contribution in [2.75, 3.05) is 36.5 Å². The molecule has 0 N–H and O–H groups in total. The van der Waals surface area contributed by atoms with Gasteiger partial charge >= 0.3 is 0 Å². The van der Waals surface area contributed by atoms with E-state index in [1.165, 1.54) is 6.08 Å². The Morgan fingerprint density at radius 3 is 2.91 bits per heavy atom. The molecule has 6 nitrogen and oxygen atoms in total. The van der Waals surface area contributed by atoms with Crippen LogP contribution in [-0.2, 0) is 9.59 Å². The standard InChI is InChI=1S/C15H17ClN4O2/c1-4-12(21)19-5-6-20-11(8-19)15(22)18(3)10-7-9(2)13(16)17-14(10)20/h4,7,11H,1,5-6,8H2,2-3H3. The van der Waals surface area contributed by atoms with Crippen LogP contribution in [0, 0.1) is 6.92 Å². The predicted octanol–water partition coefficient (Wildman–Crippen LogP) is 1.22.